The first-order valence-electron chi connectivity index (χ1n) is 9.21. The van der Waals surface area contributed by atoms with Gasteiger partial charge in [0.05, 0.1) is 0 Å². The number of aryl methyl sites for hydroxylation is 2. The van der Waals surface area contributed by atoms with Gasteiger partial charge < -0.3 is 5.32 Å². The molecule has 0 fully saturated rings. The van der Waals surface area contributed by atoms with Crippen molar-refractivity contribution in [3.63, 3.8) is 0 Å². The molecule has 0 atom stereocenters. The first kappa shape index (κ1) is 26.8. The van der Waals surface area contributed by atoms with Crippen LogP contribution in [0.4, 0.5) is 0 Å². The monoisotopic (exact) mass is 376 g/mol. The van der Waals surface area contributed by atoms with Crippen LogP contribution < -0.4 is 5.32 Å². The Kier molecular flexibility index (Phi) is 13.6. The van der Waals surface area contributed by atoms with Crippen molar-refractivity contribution in [2.75, 3.05) is 7.05 Å². The predicted molar refractivity (Wildman–Crippen MR) is 113 cm³/mol. The van der Waals surface area contributed by atoms with E-state index < -0.39 is 5.54 Å². The Morgan fingerprint density at radius 1 is 1.22 bits per heavy atom. The maximum absolute atomic E-state index is 12.6. The molecule has 0 saturated carbocycles. The molecule has 1 N–H and O–H groups in total. The number of carbonyl (C=O) groups excluding carboxylic acids is 3. The first-order valence-corrected chi connectivity index (χ1v) is 9.21. The summed E-state index contributed by atoms with van der Waals surface area (Å²) in [5, 5.41) is 2.39. The second-order valence-corrected chi connectivity index (χ2v) is 6.65. The molecule has 0 heterocycles. The summed E-state index contributed by atoms with van der Waals surface area (Å²) in [5.41, 5.74) is 2.28. The van der Waals surface area contributed by atoms with Crippen molar-refractivity contribution in [3.8, 4) is 0 Å². The first-order chi connectivity index (χ1) is 12.6. The van der Waals surface area contributed by atoms with Crippen LogP contribution in [-0.2, 0) is 16.0 Å². The zero-order valence-corrected chi connectivity index (χ0v) is 18.0. The van der Waals surface area contributed by atoms with Crippen LogP contribution in [0.15, 0.2) is 31.4 Å². The normalized spacial score (nSPS) is 9.74. The van der Waals surface area contributed by atoms with Crippen LogP contribution in [0.5, 0.6) is 0 Å². The highest BCUT2D eigenvalue weighted by atomic mass is 16.2. The summed E-state index contributed by atoms with van der Waals surface area (Å²) in [6, 6.07) is 5.80. The van der Waals surface area contributed by atoms with Crippen molar-refractivity contribution in [2.24, 2.45) is 0 Å². The minimum Gasteiger partial charge on any atom is -0.359 e. The molecule has 0 aliphatic rings. The molecule has 5 heteroatoms. The molecule has 0 spiro atoms. The quantitative estimate of drug-likeness (QED) is 0.595. The lowest BCUT2D eigenvalue weighted by molar-refractivity contribution is -0.120. The molecule has 0 aliphatic carbocycles. The van der Waals surface area contributed by atoms with Crippen LogP contribution in [0.25, 0.3) is 0 Å². The number of nitrogens with zero attached hydrogens (tertiary/aromatic N) is 1. The average Bonchev–Trinajstić information content (AvgIpc) is 2.63. The highest BCUT2D eigenvalue weighted by molar-refractivity contribution is 6.01. The fourth-order valence-corrected chi connectivity index (χ4v) is 2.51. The number of hydrogen-bond donors (Lipinski definition) is 1. The number of rotatable bonds is 6. The number of imide groups is 1. The van der Waals surface area contributed by atoms with Crippen LogP contribution in [0.2, 0.25) is 0 Å². The molecule has 0 unspecified atom stereocenters. The topological polar surface area (TPSA) is 66.5 Å². The van der Waals surface area contributed by atoms with Gasteiger partial charge in [0.25, 0.3) is 5.91 Å². The summed E-state index contributed by atoms with van der Waals surface area (Å²) in [5.74, 6) is -0.205. The summed E-state index contributed by atoms with van der Waals surface area (Å²) in [4.78, 5) is 35.0. The third-order valence-corrected chi connectivity index (χ3v) is 4.12. The number of amides is 3. The fourth-order valence-electron chi connectivity index (χ4n) is 2.51. The van der Waals surface area contributed by atoms with Crippen molar-refractivity contribution in [1.82, 2.24) is 10.2 Å². The summed E-state index contributed by atoms with van der Waals surface area (Å²) < 4.78 is 0. The van der Waals surface area contributed by atoms with E-state index in [0.717, 1.165) is 24.8 Å². The average molecular weight is 377 g/mol. The molecule has 0 bridgehead atoms. The van der Waals surface area contributed by atoms with E-state index in [0.29, 0.717) is 12.0 Å². The van der Waals surface area contributed by atoms with Crippen molar-refractivity contribution in [1.29, 1.82) is 0 Å². The second-order valence-electron chi connectivity index (χ2n) is 6.65. The van der Waals surface area contributed by atoms with E-state index in [1.165, 1.54) is 17.4 Å². The smallest absolute Gasteiger partial charge is 0.261 e. The third-order valence-electron chi connectivity index (χ3n) is 4.12. The van der Waals surface area contributed by atoms with E-state index in [4.69, 9.17) is 0 Å². The molecule has 0 radical (unpaired) electrons. The van der Waals surface area contributed by atoms with Gasteiger partial charge in [-0.15, -0.1) is 13.2 Å². The maximum atomic E-state index is 12.6. The lowest BCUT2D eigenvalue weighted by Gasteiger charge is -2.34. The lowest BCUT2D eigenvalue weighted by Crippen LogP contribution is -2.47. The molecule has 0 aromatic heterocycles. The van der Waals surface area contributed by atoms with Gasteiger partial charge in [-0.3, -0.25) is 19.3 Å². The van der Waals surface area contributed by atoms with Crippen molar-refractivity contribution < 1.29 is 14.4 Å². The van der Waals surface area contributed by atoms with Crippen LogP contribution in [0.1, 0.15) is 68.9 Å². The standard InChI is InChI=1S/C17H25NO2.C3H7NO.C2H4/c1-6-10-17(4,5)18(12-19)16(20)15-9-8-14(7-2)11-13(15)3;1-3(5)4-2;1-2/h8-9,11-12H,6-7,10H2,1-5H3;1-2H3,(H,4,5);1-2H2. The van der Waals surface area contributed by atoms with E-state index in [2.05, 4.69) is 32.3 Å². The van der Waals surface area contributed by atoms with Crippen molar-refractivity contribution in [2.45, 2.75) is 66.3 Å². The maximum Gasteiger partial charge on any atom is 0.261 e. The molecule has 1 aromatic rings. The Balaban J connectivity index is 0. The third kappa shape index (κ3) is 9.18. The minimum absolute atomic E-state index is 0.00463. The van der Waals surface area contributed by atoms with Crippen LogP contribution >= 0.6 is 0 Å². The number of benzene rings is 1. The Labute approximate surface area is 164 Å². The van der Waals surface area contributed by atoms with Gasteiger partial charge in [-0.2, -0.15) is 0 Å². The Morgan fingerprint density at radius 2 is 1.74 bits per heavy atom. The van der Waals surface area contributed by atoms with Crippen molar-refractivity contribution >= 4 is 18.2 Å². The molecular formula is C22H36N2O3. The van der Waals surface area contributed by atoms with E-state index in [1.807, 2.05) is 39.0 Å². The highest BCUT2D eigenvalue weighted by Crippen LogP contribution is 2.23. The Bertz CT molecular complexity index is 610. The van der Waals surface area contributed by atoms with Gasteiger partial charge in [0.1, 0.15) is 0 Å². The van der Waals surface area contributed by atoms with Crippen molar-refractivity contribution in [3.05, 3.63) is 48.0 Å². The van der Waals surface area contributed by atoms with Gasteiger partial charge >= 0.3 is 0 Å². The highest BCUT2D eigenvalue weighted by Gasteiger charge is 2.31. The number of hydrogen-bond acceptors (Lipinski definition) is 3. The summed E-state index contributed by atoms with van der Waals surface area (Å²) >= 11 is 0. The van der Waals surface area contributed by atoms with Crippen LogP contribution in [-0.4, -0.2) is 35.7 Å². The lowest BCUT2D eigenvalue weighted by atomic mass is 9.95. The SMILES string of the molecule is C=C.CCCC(C)(C)N(C=O)C(=O)c1ccc(CC)cc1C.CNC(C)=O. The van der Waals surface area contributed by atoms with Gasteiger partial charge in [-0.05, 0) is 50.8 Å². The van der Waals surface area contributed by atoms with E-state index in [1.54, 1.807) is 7.05 Å². The van der Waals surface area contributed by atoms with Gasteiger partial charge in [0, 0.05) is 25.1 Å². The second kappa shape index (κ2) is 13.7. The minimum atomic E-state index is -0.455. The Morgan fingerprint density at radius 3 is 2.07 bits per heavy atom. The molecule has 0 saturated heterocycles. The largest absolute Gasteiger partial charge is 0.359 e. The predicted octanol–water partition coefficient (Wildman–Crippen LogP) is 4.29. The van der Waals surface area contributed by atoms with Gasteiger partial charge in [-0.1, -0.05) is 32.4 Å². The van der Waals surface area contributed by atoms with Crippen LogP contribution in [0.3, 0.4) is 0 Å². The molecule has 1 rings (SSSR count). The fraction of sp³-hybridized carbons (Fsp3) is 0.500. The molecule has 5 nitrogen and oxygen atoms in total. The van der Waals surface area contributed by atoms with Gasteiger partial charge in [0.2, 0.25) is 12.3 Å². The van der Waals surface area contributed by atoms with Gasteiger partial charge in [-0.25, -0.2) is 0 Å². The number of nitrogens with one attached hydrogen (secondary N) is 1. The van der Waals surface area contributed by atoms with Gasteiger partial charge in [0.15, 0.2) is 0 Å². The zero-order valence-electron chi connectivity index (χ0n) is 18.0. The van der Waals surface area contributed by atoms with E-state index in [9.17, 15) is 14.4 Å². The Hall–Kier alpha value is -2.43. The molecule has 152 valence electrons. The molecule has 1 aromatic carbocycles. The molecule has 3 amide bonds. The van der Waals surface area contributed by atoms with E-state index >= 15 is 0 Å². The summed E-state index contributed by atoms with van der Waals surface area (Å²) in [6.07, 6.45) is 3.32. The molecular weight excluding hydrogens is 340 g/mol. The van der Waals surface area contributed by atoms with Crippen LogP contribution in [0, 0.1) is 6.92 Å². The summed E-state index contributed by atoms with van der Waals surface area (Å²) in [7, 11) is 1.60. The number of carbonyl (C=O) groups is 3. The molecule has 27 heavy (non-hydrogen) atoms. The van der Waals surface area contributed by atoms with E-state index in [-0.39, 0.29) is 11.8 Å². The summed E-state index contributed by atoms with van der Waals surface area (Å²) in [6.45, 7) is 17.4. The molecule has 0 aliphatic heterocycles. The zero-order chi connectivity index (χ0) is 21.6.